The van der Waals surface area contributed by atoms with Crippen molar-refractivity contribution in [1.29, 1.82) is 0 Å². The minimum absolute atomic E-state index is 0.154. The van der Waals surface area contributed by atoms with E-state index in [-0.39, 0.29) is 10.6 Å². The zero-order chi connectivity index (χ0) is 11.7. The summed E-state index contributed by atoms with van der Waals surface area (Å²) in [7, 11) is 0. The molecule has 0 saturated carbocycles. The lowest BCUT2D eigenvalue weighted by Crippen LogP contribution is -1.86. The van der Waals surface area contributed by atoms with E-state index in [0.717, 1.165) is 6.07 Å². The molecule has 82 valence electrons. The molecule has 2 aromatic rings. The van der Waals surface area contributed by atoms with Gasteiger partial charge in [-0.25, -0.2) is 8.78 Å². The Morgan fingerprint density at radius 2 is 1.56 bits per heavy atom. The van der Waals surface area contributed by atoms with E-state index >= 15 is 0 Å². The van der Waals surface area contributed by atoms with E-state index in [4.69, 9.17) is 23.2 Å². The fraction of sp³-hybridized carbons (Fsp3) is 0. The number of halogens is 4. The van der Waals surface area contributed by atoms with Crippen molar-refractivity contribution >= 4 is 23.2 Å². The summed E-state index contributed by atoms with van der Waals surface area (Å²) in [5.74, 6) is -0.908. The van der Waals surface area contributed by atoms with E-state index in [1.165, 1.54) is 30.3 Å². The predicted octanol–water partition coefficient (Wildman–Crippen LogP) is 4.94. The van der Waals surface area contributed by atoms with Gasteiger partial charge in [0.15, 0.2) is 0 Å². The summed E-state index contributed by atoms with van der Waals surface area (Å²) in [5.41, 5.74) is 0.681. The lowest BCUT2D eigenvalue weighted by atomic mass is 10.1. The van der Waals surface area contributed by atoms with Gasteiger partial charge in [0.1, 0.15) is 11.6 Å². The summed E-state index contributed by atoms with van der Waals surface area (Å²) in [6.45, 7) is 0. The van der Waals surface area contributed by atoms with Crippen molar-refractivity contribution in [2.24, 2.45) is 0 Å². The Labute approximate surface area is 101 Å². The van der Waals surface area contributed by atoms with Gasteiger partial charge in [0, 0.05) is 16.1 Å². The van der Waals surface area contributed by atoms with Crippen LogP contribution < -0.4 is 0 Å². The van der Waals surface area contributed by atoms with Crippen LogP contribution in [0.5, 0.6) is 0 Å². The molecule has 0 atom stereocenters. The second kappa shape index (κ2) is 4.40. The topological polar surface area (TPSA) is 0 Å². The zero-order valence-corrected chi connectivity index (χ0v) is 9.49. The summed E-state index contributed by atoms with van der Waals surface area (Å²) >= 11 is 11.6. The monoisotopic (exact) mass is 258 g/mol. The van der Waals surface area contributed by atoms with Crippen LogP contribution in [0, 0.1) is 11.6 Å². The molecule has 0 aromatic heterocycles. The van der Waals surface area contributed by atoms with Crippen LogP contribution in [0.25, 0.3) is 11.1 Å². The van der Waals surface area contributed by atoms with Crippen molar-refractivity contribution in [3.8, 4) is 11.1 Å². The van der Waals surface area contributed by atoms with Crippen LogP contribution in [0.2, 0.25) is 10.0 Å². The van der Waals surface area contributed by atoms with Crippen molar-refractivity contribution in [3.63, 3.8) is 0 Å². The van der Waals surface area contributed by atoms with Gasteiger partial charge in [0.05, 0.1) is 5.02 Å². The van der Waals surface area contributed by atoms with E-state index in [2.05, 4.69) is 0 Å². The van der Waals surface area contributed by atoms with Gasteiger partial charge in [-0.15, -0.1) is 0 Å². The van der Waals surface area contributed by atoms with Crippen LogP contribution in [0.4, 0.5) is 8.78 Å². The number of hydrogen-bond donors (Lipinski definition) is 0. The van der Waals surface area contributed by atoms with Gasteiger partial charge in [-0.1, -0.05) is 23.2 Å². The molecule has 0 heterocycles. The van der Waals surface area contributed by atoms with Gasteiger partial charge in [0.25, 0.3) is 0 Å². The summed E-state index contributed by atoms with van der Waals surface area (Å²) in [6.07, 6.45) is 0. The number of benzene rings is 2. The molecule has 0 saturated heterocycles. The molecule has 4 heteroatoms. The molecule has 0 aliphatic carbocycles. The maximum atomic E-state index is 13.5. The first-order valence-corrected chi connectivity index (χ1v) is 5.24. The minimum atomic E-state index is -0.462. The molecule has 16 heavy (non-hydrogen) atoms. The Morgan fingerprint density at radius 3 is 2.25 bits per heavy atom. The summed E-state index contributed by atoms with van der Waals surface area (Å²) < 4.78 is 26.4. The molecule has 2 rings (SSSR count). The second-order valence-electron chi connectivity index (χ2n) is 3.25. The molecular weight excluding hydrogens is 253 g/mol. The van der Waals surface area contributed by atoms with Crippen LogP contribution in [-0.4, -0.2) is 0 Å². The summed E-state index contributed by atoms with van der Waals surface area (Å²) in [4.78, 5) is 0. The molecule has 0 amide bonds. The maximum Gasteiger partial charge on any atom is 0.131 e. The highest BCUT2D eigenvalue weighted by Gasteiger charge is 2.10. The van der Waals surface area contributed by atoms with Crippen LogP contribution in [-0.2, 0) is 0 Å². The number of hydrogen-bond acceptors (Lipinski definition) is 0. The lowest BCUT2D eigenvalue weighted by Gasteiger charge is -2.06. The molecule has 2 aromatic carbocycles. The van der Waals surface area contributed by atoms with Gasteiger partial charge in [-0.3, -0.25) is 0 Å². The normalized spacial score (nSPS) is 10.5. The molecule has 0 spiro atoms. The molecule has 0 radical (unpaired) electrons. The average Bonchev–Trinajstić information content (AvgIpc) is 2.22. The predicted molar refractivity (Wildman–Crippen MR) is 61.8 cm³/mol. The highest BCUT2D eigenvalue weighted by Crippen LogP contribution is 2.32. The standard InChI is InChI=1S/C12H6Cl2F2/c13-7-1-4-12(16)10(5-7)9-3-2-8(15)6-11(9)14/h1-6H. The average molecular weight is 259 g/mol. The second-order valence-corrected chi connectivity index (χ2v) is 4.09. The highest BCUT2D eigenvalue weighted by atomic mass is 35.5. The SMILES string of the molecule is Fc1ccc(-c2cc(Cl)ccc2F)c(Cl)c1. The zero-order valence-electron chi connectivity index (χ0n) is 7.98. The Kier molecular flexibility index (Phi) is 3.13. The van der Waals surface area contributed by atoms with Gasteiger partial charge in [-0.05, 0) is 36.4 Å². The lowest BCUT2D eigenvalue weighted by molar-refractivity contribution is 0.626. The smallest absolute Gasteiger partial charge is 0.131 e. The van der Waals surface area contributed by atoms with Crippen LogP contribution in [0.3, 0.4) is 0 Å². The van der Waals surface area contributed by atoms with E-state index in [1.54, 1.807) is 0 Å². The quantitative estimate of drug-likeness (QED) is 0.680. The van der Waals surface area contributed by atoms with Crippen molar-refractivity contribution in [1.82, 2.24) is 0 Å². The van der Waals surface area contributed by atoms with Crippen molar-refractivity contribution in [3.05, 3.63) is 58.1 Å². The van der Waals surface area contributed by atoms with E-state index in [1.807, 2.05) is 0 Å². The first-order chi connectivity index (χ1) is 7.58. The Hall–Kier alpha value is -1.12. The van der Waals surface area contributed by atoms with Crippen LogP contribution in [0.15, 0.2) is 36.4 Å². The van der Waals surface area contributed by atoms with E-state index < -0.39 is 11.6 Å². The number of rotatable bonds is 1. The first kappa shape index (κ1) is 11.4. The molecule has 0 N–H and O–H groups in total. The summed E-state index contributed by atoms with van der Waals surface area (Å²) in [5, 5.41) is 0.554. The van der Waals surface area contributed by atoms with Gasteiger partial charge in [-0.2, -0.15) is 0 Å². The van der Waals surface area contributed by atoms with Crippen LogP contribution >= 0.6 is 23.2 Å². The molecule has 0 nitrogen and oxygen atoms in total. The van der Waals surface area contributed by atoms with Crippen molar-refractivity contribution in [2.75, 3.05) is 0 Å². The van der Waals surface area contributed by atoms with E-state index in [0.29, 0.717) is 10.6 Å². The van der Waals surface area contributed by atoms with E-state index in [9.17, 15) is 8.78 Å². The Balaban J connectivity index is 2.62. The fourth-order valence-corrected chi connectivity index (χ4v) is 1.85. The molecule has 0 fully saturated rings. The molecule has 0 bridgehead atoms. The van der Waals surface area contributed by atoms with Gasteiger partial charge < -0.3 is 0 Å². The minimum Gasteiger partial charge on any atom is -0.207 e. The Bertz CT molecular complexity index is 539. The van der Waals surface area contributed by atoms with Crippen molar-refractivity contribution < 1.29 is 8.78 Å². The Morgan fingerprint density at radius 1 is 0.812 bits per heavy atom. The largest absolute Gasteiger partial charge is 0.207 e. The first-order valence-electron chi connectivity index (χ1n) is 4.48. The third-order valence-electron chi connectivity index (χ3n) is 2.15. The van der Waals surface area contributed by atoms with Crippen molar-refractivity contribution in [2.45, 2.75) is 0 Å². The fourth-order valence-electron chi connectivity index (χ4n) is 1.41. The third-order valence-corrected chi connectivity index (χ3v) is 2.70. The molecule has 0 aliphatic heterocycles. The third kappa shape index (κ3) is 2.18. The molecule has 0 unspecified atom stereocenters. The molecular formula is C12H6Cl2F2. The van der Waals surface area contributed by atoms with Crippen LogP contribution in [0.1, 0.15) is 0 Å². The molecule has 0 aliphatic rings. The highest BCUT2D eigenvalue weighted by molar-refractivity contribution is 6.33. The van der Waals surface area contributed by atoms with Gasteiger partial charge >= 0.3 is 0 Å². The summed E-state index contributed by atoms with van der Waals surface area (Å²) in [6, 6.07) is 7.93. The maximum absolute atomic E-state index is 13.5. The van der Waals surface area contributed by atoms with Gasteiger partial charge in [0.2, 0.25) is 0 Å².